The molecule has 1 aliphatic rings. The van der Waals surface area contributed by atoms with Crippen LogP contribution in [0.4, 0.5) is 0 Å². The molecular weight excluding hydrogens is 330 g/mol. The molecule has 0 spiro atoms. The lowest BCUT2D eigenvalue weighted by atomic mass is 9.74. The van der Waals surface area contributed by atoms with E-state index in [1.165, 1.54) is 11.1 Å². The molecule has 2 aromatic carbocycles. The first-order valence-corrected chi connectivity index (χ1v) is 10.2. The van der Waals surface area contributed by atoms with Crippen LogP contribution in [0.3, 0.4) is 0 Å². The second-order valence-electron chi connectivity index (χ2n) is 9.48. The Hall–Kier alpha value is -1.93. The molecule has 0 atom stereocenters. The Morgan fingerprint density at radius 1 is 0.852 bits per heavy atom. The molecule has 2 aromatic rings. The average Bonchev–Trinajstić information content (AvgIpc) is 2.58. The molecule has 0 aliphatic carbocycles. The zero-order chi connectivity index (χ0) is 19.5. The standard InChI is InChI=1S/C25H33NO/c1-24(2)17-21(18-25(3,4)26-24)16-23(27)22-14-12-20(13-15-22)11-10-19-8-6-5-7-9-19/h5-9,12-15,21,26H,10-11,16-18H2,1-4H3. The molecule has 0 aromatic heterocycles. The minimum atomic E-state index is 0.0913. The van der Waals surface area contributed by atoms with Crippen LogP contribution in [0.15, 0.2) is 54.6 Å². The maximum absolute atomic E-state index is 12.8. The third kappa shape index (κ3) is 5.77. The highest BCUT2D eigenvalue weighted by molar-refractivity contribution is 5.96. The average molecular weight is 364 g/mol. The first-order chi connectivity index (χ1) is 12.7. The van der Waals surface area contributed by atoms with E-state index in [1.54, 1.807) is 0 Å². The fourth-order valence-electron chi connectivity index (χ4n) is 4.85. The maximum Gasteiger partial charge on any atom is 0.163 e. The van der Waals surface area contributed by atoms with Crippen molar-refractivity contribution in [1.82, 2.24) is 5.32 Å². The highest BCUT2D eigenvalue weighted by atomic mass is 16.1. The van der Waals surface area contributed by atoms with Gasteiger partial charge in [-0.25, -0.2) is 0 Å². The van der Waals surface area contributed by atoms with Crippen LogP contribution in [0.1, 0.15) is 68.4 Å². The number of carbonyl (C=O) groups excluding carboxylic acids is 1. The van der Waals surface area contributed by atoms with Crippen molar-refractivity contribution in [3.63, 3.8) is 0 Å². The highest BCUT2D eigenvalue weighted by Crippen LogP contribution is 2.35. The lowest BCUT2D eigenvalue weighted by Gasteiger charge is -2.46. The van der Waals surface area contributed by atoms with Crippen LogP contribution in [0.5, 0.6) is 0 Å². The van der Waals surface area contributed by atoms with E-state index in [0.29, 0.717) is 12.3 Å². The van der Waals surface area contributed by atoms with Crippen molar-refractivity contribution in [3.8, 4) is 0 Å². The van der Waals surface area contributed by atoms with Gasteiger partial charge < -0.3 is 5.32 Å². The van der Waals surface area contributed by atoms with Gasteiger partial charge in [0, 0.05) is 23.1 Å². The smallest absolute Gasteiger partial charge is 0.163 e. The van der Waals surface area contributed by atoms with Gasteiger partial charge in [0.1, 0.15) is 0 Å². The molecular formula is C25H33NO. The second-order valence-corrected chi connectivity index (χ2v) is 9.48. The number of aryl methyl sites for hydroxylation is 2. The van der Waals surface area contributed by atoms with Crippen LogP contribution in [0.2, 0.25) is 0 Å². The van der Waals surface area contributed by atoms with Gasteiger partial charge in [-0.15, -0.1) is 0 Å². The quantitative estimate of drug-likeness (QED) is 0.677. The summed E-state index contributed by atoms with van der Waals surface area (Å²) in [5.41, 5.74) is 3.68. The number of rotatable bonds is 6. The van der Waals surface area contributed by atoms with Crippen LogP contribution in [0.25, 0.3) is 0 Å². The summed E-state index contributed by atoms with van der Waals surface area (Å²) in [5, 5.41) is 3.70. The molecule has 0 bridgehead atoms. The normalized spacial score (nSPS) is 19.0. The summed E-state index contributed by atoms with van der Waals surface area (Å²) in [7, 11) is 0. The lowest BCUT2D eigenvalue weighted by molar-refractivity contribution is 0.0864. The van der Waals surface area contributed by atoms with Gasteiger partial charge in [0.15, 0.2) is 5.78 Å². The van der Waals surface area contributed by atoms with Crippen LogP contribution < -0.4 is 5.32 Å². The summed E-state index contributed by atoms with van der Waals surface area (Å²) >= 11 is 0. The Morgan fingerprint density at radius 3 is 1.93 bits per heavy atom. The van der Waals surface area contributed by atoms with Crippen LogP contribution >= 0.6 is 0 Å². The number of hydrogen-bond donors (Lipinski definition) is 1. The predicted molar refractivity (Wildman–Crippen MR) is 113 cm³/mol. The summed E-state index contributed by atoms with van der Waals surface area (Å²) < 4.78 is 0. The third-order valence-electron chi connectivity index (χ3n) is 5.57. The maximum atomic E-state index is 12.8. The molecule has 1 fully saturated rings. The molecule has 2 nitrogen and oxygen atoms in total. The molecule has 0 saturated carbocycles. The first kappa shape index (κ1) is 19.8. The molecule has 144 valence electrons. The van der Waals surface area contributed by atoms with Crippen molar-refractivity contribution in [2.45, 2.75) is 70.9 Å². The Morgan fingerprint density at radius 2 is 1.37 bits per heavy atom. The number of Topliss-reactive ketones (excluding diaryl/α,β-unsaturated/α-hetero) is 1. The van der Waals surface area contributed by atoms with E-state index in [-0.39, 0.29) is 16.9 Å². The molecule has 1 heterocycles. The Bertz CT molecular complexity index is 743. The zero-order valence-electron chi connectivity index (χ0n) is 17.2. The van der Waals surface area contributed by atoms with Crippen molar-refractivity contribution >= 4 is 5.78 Å². The number of hydrogen-bond acceptors (Lipinski definition) is 2. The lowest BCUT2D eigenvalue weighted by Crippen LogP contribution is -2.57. The molecule has 27 heavy (non-hydrogen) atoms. The van der Waals surface area contributed by atoms with E-state index >= 15 is 0 Å². The Balaban J connectivity index is 1.57. The number of benzene rings is 2. The van der Waals surface area contributed by atoms with Crippen molar-refractivity contribution in [3.05, 3.63) is 71.3 Å². The zero-order valence-corrected chi connectivity index (χ0v) is 17.2. The molecule has 0 unspecified atom stereocenters. The number of ketones is 1. The van der Waals surface area contributed by atoms with E-state index in [9.17, 15) is 4.79 Å². The second kappa shape index (κ2) is 7.98. The topological polar surface area (TPSA) is 29.1 Å². The molecule has 0 radical (unpaired) electrons. The molecule has 1 N–H and O–H groups in total. The fraction of sp³-hybridized carbons (Fsp3) is 0.480. The summed E-state index contributed by atoms with van der Waals surface area (Å²) in [6.45, 7) is 8.97. The van der Waals surface area contributed by atoms with Gasteiger partial charge in [-0.05, 0) is 70.4 Å². The molecule has 3 rings (SSSR count). The van der Waals surface area contributed by atoms with Gasteiger partial charge in [-0.2, -0.15) is 0 Å². The summed E-state index contributed by atoms with van der Waals surface area (Å²) in [6, 6.07) is 18.8. The van der Waals surface area contributed by atoms with Crippen LogP contribution in [-0.2, 0) is 12.8 Å². The van der Waals surface area contributed by atoms with E-state index in [2.05, 4.69) is 75.5 Å². The SMILES string of the molecule is CC1(C)CC(CC(=O)c2ccc(CCc3ccccc3)cc2)CC(C)(C)N1. The van der Waals surface area contributed by atoms with Crippen molar-refractivity contribution in [1.29, 1.82) is 0 Å². The van der Waals surface area contributed by atoms with Gasteiger partial charge in [-0.3, -0.25) is 4.79 Å². The van der Waals surface area contributed by atoms with Gasteiger partial charge in [0.05, 0.1) is 0 Å². The Kier molecular flexibility index (Phi) is 5.86. The predicted octanol–water partition coefficient (Wildman–Crippen LogP) is 5.60. The van der Waals surface area contributed by atoms with E-state index < -0.39 is 0 Å². The number of piperidine rings is 1. The minimum absolute atomic E-state index is 0.0913. The van der Waals surface area contributed by atoms with Crippen molar-refractivity contribution in [2.75, 3.05) is 0 Å². The van der Waals surface area contributed by atoms with Gasteiger partial charge in [0.2, 0.25) is 0 Å². The molecule has 0 amide bonds. The first-order valence-electron chi connectivity index (χ1n) is 10.2. The van der Waals surface area contributed by atoms with Crippen molar-refractivity contribution < 1.29 is 4.79 Å². The summed E-state index contributed by atoms with van der Waals surface area (Å²) in [6.07, 6.45) is 4.80. The van der Waals surface area contributed by atoms with Gasteiger partial charge in [-0.1, -0.05) is 54.6 Å². The third-order valence-corrected chi connectivity index (χ3v) is 5.57. The number of nitrogens with one attached hydrogen (secondary N) is 1. The molecule has 2 heteroatoms. The highest BCUT2D eigenvalue weighted by Gasteiger charge is 2.38. The molecule has 1 aliphatic heterocycles. The molecule has 1 saturated heterocycles. The van der Waals surface area contributed by atoms with Gasteiger partial charge >= 0.3 is 0 Å². The van der Waals surface area contributed by atoms with Crippen molar-refractivity contribution in [2.24, 2.45) is 5.92 Å². The number of carbonyl (C=O) groups is 1. The van der Waals surface area contributed by atoms with Crippen LogP contribution in [0, 0.1) is 5.92 Å². The van der Waals surface area contributed by atoms with E-state index in [0.717, 1.165) is 31.2 Å². The van der Waals surface area contributed by atoms with Crippen LogP contribution in [-0.4, -0.2) is 16.9 Å². The minimum Gasteiger partial charge on any atom is -0.307 e. The monoisotopic (exact) mass is 363 g/mol. The largest absolute Gasteiger partial charge is 0.307 e. The summed E-state index contributed by atoms with van der Waals surface area (Å²) in [4.78, 5) is 12.8. The Labute approximate surface area is 164 Å². The van der Waals surface area contributed by atoms with E-state index in [4.69, 9.17) is 0 Å². The van der Waals surface area contributed by atoms with Gasteiger partial charge in [0.25, 0.3) is 0 Å². The fourth-order valence-corrected chi connectivity index (χ4v) is 4.85. The van der Waals surface area contributed by atoms with E-state index in [1.807, 2.05) is 12.1 Å². The summed E-state index contributed by atoms with van der Waals surface area (Å²) in [5.74, 6) is 0.726.